The highest BCUT2D eigenvalue weighted by Gasteiger charge is 2.22. The predicted octanol–water partition coefficient (Wildman–Crippen LogP) is 3.62. The topological polar surface area (TPSA) is 132 Å². The van der Waals surface area contributed by atoms with Gasteiger partial charge in [0.05, 0.1) is 7.11 Å². The van der Waals surface area contributed by atoms with E-state index in [9.17, 15) is 19.5 Å². The third-order valence-corrected chi connectivity index (χ3v) is 4.38. The molecule has 1 heterocycles. The fourth-order valence-corrected chi connectivity index (χ4v) is 2.47. The summed E-state index contributed by atoms with van der Waals surface area (Å²) in [5, 5.41) is 12.4. The van der Waals surface area contributed by atoms with Gasteiger partial charge in [-0.1, -0.05) is 31.2 Å². The van der Waals surface area contributed by atoms with Gasteiger partial charge in [0.15, 0.2) is 5.69 Å². The molecule has 2 rings (SSSR count). The molecule has 0 aliphatic rings. The number of esters is 1. The van der Waals surface area contributed by atoms with Crippen molar-refractivity contribution in [2.45, 2.75) is 27.2 Å². The quantitative estimate of drug-likeness (QED) is 0.446. The lowest BCUT2D eigenvalue weighted by atomic mass is 9.97. The van der Waals surface area contributed by atoms with Gasteiger partial charge >= 0.3 is 5.97 Å². The van der Waals surface area contributed by atoms with E-state index in [0.717, 1.165) is 6.42 Å². The lowest BCUT2D eigenvalue weighted by Gasteiger charge is -2.12. The molecule has 0 saturated carbocycles. The number of carbonyl (C=O) groups excluding carboxylic acids is 3. The number of ether oxygens (including phenoxy) is 1. The summed E-state index contributed by atoms with van der Waals surface area (Å²) >= 11 is 0. The summed E-state index contributed by atoms with van der Waals surface area (Å²) in [6.07, 6.45) is 4.60. The first-order valence-electron chi connectivity index (χ1n) is 9.96. The Balaban J connectivity index is 0.000000751. The number of phenolic OH excluding ortho intramolecular Hbond substituents is 1. The molecule has 2 amide bonds. The molecule has 0 fully saturated rings. The Morgan fingerprint density at radius 1 is 1.22 bits per heavy atom. The van der Waals surface area contributed by atoms with E-state index < -0.39 is 17.8 Å². The summed E-state index contributed by atoms with van der Waals surface area (Å²) in [6.45, 7) is 9.95. The van der Waals surface area contributed by atoms with Crippen LogP contribution in [-0.2, 0) is 4.74 Å². The number of rotatable bonds is 7. The van der Waals surface area contributed by atoms with Gasteiger partial charge in [-0.25, -0.2) is 9.78 Å². The van der Waals surface area contributed by atoms with E-state index in [1.165, 1.54) is 43.0 Å². The van der Waals surface area contributed by atoms with E-state index in [0.29, 0.717) is 6.54 Å². The molecule has 0 radical (unpaired) electrons. The van der Waals surface area contributed by atoms with Crippen molar-refractivity contribution in [1.29, 1.82) is 0 Å². The van der Waals surface area contributed by atoms with Crippen LogP contribution in [0.2, 0.25) is 0 Å². The van der Waals surface area contributed by atoms with Gasteiger partial charge in [-0.15, -0.1) is 0 Å². The van der Waals surface area contributed by atoms with Crippen LogP contribution in [0.1, 0.15) is 58.5 Å². The van der Waals surface area contributed by atoms with Crippen molar-refractivity contribution >= 4 is 17.8 Å². The van der Waals surface area contributed by atoms with Gasteiger partial charge in [-0.05, 0) is 50.6 Å². The van der Waals surface area contributed by atoms with Crippen molar-refractivity contribution in [3.63, 3.8) is 0 Å². The number of phenols is 1. The number of aromatic hydroxyl groups is 1. The second-order valence-electron chi connectivity index (χ2n) is 6.67. The number of benzene rings is 1. The number of nitrogens with two attached hydrogens (primary N) is 1. The zero-order chi connectivity index (χ0) is 24.3. The Morgan fingerprint density at radius 3 is 2.41 bits per heavy atom. The van der Waals surface area contributed by atoms with Crippen LogP contribution in [0.15, 0.2) is 54.6 Å². The van der Waals surface area contributed by atoms with Crippen LogP contribution < -0.4 is 11.1 Å². The average Bonchev–Trinajstić information content (AvgIpc) is 2.81. The van der Waals surface area contributed by atoms with Gasteiger partial charge in [0, 0.05) is 23.2 Å². The largest absolute Gasteiger partial charge is 0.508 e. The number of aromatic nitrogens is 1. The molecular weight excluding hydrogens is 410 g/mol. The molecular formula is C24H29N3O5. The van der Waals surface area contributed by atoms with Crippen LogP contribution in [0, 0.1) is 0 Å². The molecule has 0 aliphatic carbocycles. The van der Waals surface area contributed by atoms with Crippen LogP contribution in [0.4, 0.5) is 0 Å². The van der Waals surface area contributed by atoms with Crippen LogP contribution in [0.3, 0.4) is 0 Å². The van der Waals surface area contributed by atoms with Crippen molar-refractivity contribution in [1.82, 2.24) is 10.3 Å². The summed E-state index contributed by atoms with van der Waals surface area (Å²) in [7, 11) is 1.18. The zero-order valence-corrected chi connectivity index (χ0v) is 18.8. The number of nitrogens with one attached hydrogen (secondary N) is 1. The number of allylic oxidation sites excluding steroid dienone is 3. The molecule has 0 spiro atoms. The van der Waals surface area contributed by atoms with Gasteiger partial charge in [0.25, 0.3) is 5.91 Å². The molecule has 8 heteroatoms. The summed E-state index contributed by atoms with van der Waals surface area (Å²) in [6, 6.07) is 6.82. The second kappa shape index (κ2) is 12.7. The molecule has 0 unspecified atom stereocenters. The fraction of sp³-hybridized carbons (Fsp3) is 0.250. The minimum atomic E-state index is -0.788. The Hall–Kier alpha value is -3.94. The molecule has 8 nitrogen and oxygen atoms in total. The number of methoxy groups -OCH3 is 1. The minimum absolute atomic E-state index is 0.0309. The van der Waals surface area contributed by atoms with Crippen molar-refractivity contribution < 1.29 is 24.2 Å². The highest BCUT2D eigenvalue weighted by Crippen LogP contribution is 2.30. The van der Waals surface area contributed by atoms with E-state index in [2.05, 4.69) is 16.9 Å². The Bertz CT molecular complexity index is 1030. The molecule has 0 bridgehead atoms. The van der Waals surface area contributed by atoms with E-state index in [1.807, 2.05) is 32.9 Å². The highest BCUT2D eigenvalue weighted by atomic mass is 16.5. The second-order valence-corrected chi connectivity index (χ2v) is 6.67. The van der Waals surface area contributed by atoms with Crippen LogP contribution >= 0.6 is 0 Å². The molecule has 2 aromatic rings. The molecule has 0 saturated heterocycles. The van der Waals surface area contributed by atoms with Crippen molar-refractivity contribution in [3.8, 4) is 16.9 Å². The Kier molecular flexibility index (Phi) is 10.3. The number of hydrogen-bond acceptors (Lipinski definition) is 6. The SMILES string of the molecule is C=C/C(C)=C/C.CCCNC(=O)c1ccc(-c2cc(O)ccc2C(N)=O)c(C(=O)OC)n1. The number of hydrogen-bond donors (Lipinski definition) is 3. The summed E-state index contributed by atoms with van der Waals surface area (Å²) in [4.78, 5) is 40.0. The first kappa shape index (κ1) is 26.1. The van der Waals surface area contributed by atoms with Gasteiger partial charge in [-0.2, -0.15) is 0 Å². The number of pyridine rings is 1. The maximum absolute atomic E-state index is 12.2. The predicted molar refractivity (Wildman–Crippen MR) is 123 cm³/mol. The van der Waals surface area contributed by atoms with Crippen molar-refractivity contribution in [2.24, 2.45) is 5.73 Å². The van der Waals surface area contributed by atoms with E-state index in [-0.39, 0.29) is 33.8 Å². The van der Waals surface area contributed by atoms with Crippen LogP contribution in [0.5, 0.6) is 5.75 Å². The van der Waals surface area contributed by atoms with E-state index >= 15 is 0 Å². The maximum atomic E-state index is 12.2. The van der Waals surface area contributed by atoms with Crippen molar-refractivity contribution in [2.75, 3.05) is 13.7 Å². The lowest BCUT2D eigenvalue weighted by Crippen LogP contribution is -2.26. The molecule has 0 aliphatic heterocycles. The highest BCUT2D eigenvalue weighted by molar-refractivity contribution is 6.04. The molecule has 1 aromatic carbocycles. The molecule has 4 N–H and O–H groups in total. The van der Waals surface area contributed by atoms with Crippen LogP contribution in [-0.4, -0.2) is 41.5 Å². The van der Waals surface area contributed by atoms with E-state index in [1.54, 1.807) is 0 Å². The standard InChI is InChI=1S/C18H19N3O5.C6H10/c1-3-8-20-17(24)14-7-6-11(15(21-14)18(25)26-2)13-9-10(22)4-5-12(13)16(19)23;1-4-6(3)5-2/h4-7,9,22H,3,8H2,1-2H3,(H2,19,23)(H,20,24);4-5H,1H2,2-3H3/b;6-5+. The van der Waals surface area contributed by atoms with Gasteiger partial charge in [0.2, 0.25) is 5.91 Å². The van der Waals surface area contributed by atoms with Crippen LogP contribution in [0.25, 0.3) is 11.1 Å². The monoisotopic (exact) mass is 439 g/mol. The van der Waals surface area contributed by atoms with Gasteiger partial charge < -0.3 is 20.9 Å². The normalized spacial score (nSPS) is 10.4. The third-order valence-electron chi connectivity index (χ3n) is 4.38. The maximum Gasteiger partial charge on any atom is 0.357 e. The molecule has 170 valence electrons. The zero-order valence-electron chi connectivity index (χ0n) is 18.8. The summed E-state index contributed by atoms with van der Waals surface area (Å²) in [5.41, 5.74) is 7.00. The first-order chi connectivity index (χ1) is 15.2. The fourth-order valence-electron chi connectivity index (χ4n) is 2.47. The summed E-state index contributed by atoms with van der Waals surface area (Å²) in [5.74, 6) is -2.08. The Labute approximate surface area is 187 Å². The smallest absolute Gasteiger partial charge is 0.357 e. The third kappa shape index (κ3) is 7.09. The summed E-state index contributed by atoms with van der Waals surface area (Å²) < 4.78 is 4.73. The molecule has 32 heavy (non-hydrogen) atoms. The van der Waals surface area contributed by atoms with Gasteiger partial charge in [-0.3, -0.25) is 9.59 Å². The number of nitrogens with zero attached hydrogens (tertiary/aromatic N) is 1. The first-order valence-corrected chi connectivity index (χ1v) is 9.96. The Morgan fingerprint density at radius 2 is 1.91 bits per heavy atom. The molecule has 1 aromatic heterocycles. The molecule has 0 atom stereocenters. The lowest BCUT2D eigenvalue weighted by molar-refractivity contribution is 0.0594. The van der Waals surface area contributed by atoms with Crippen molar-refractivity contribution in [3.05, 3.63) is 71.6 Å². The van der Waals surface area contributed by atoms with E-state index in [4.69, 9.17) is 10.5 Å². The number of carbonyl (C=O) groups is 3. The number of primary amides is 1. The average molecular weight is 440 g/mol. The number of amides is 2. The minimum Gasteiger partial charge on any atom is -0.508 e. The van der Waals surface area contributed by atoms with Gasteiger partial charge in [0.1, 0.15) is 11.4 Å².